The molecule has 0 unspecified atom stereocenters. The molecular formula is C15H17N5S. The molecule has 21 heavy (non-hydrogen) atoms. The first-order valence-electron chi connectivity index (χ1n) is 6.65. The number of nitrogens with one attached hydrogen (secondary N) is 1. The van der Waals surface area contributed by atoms with Crippen molar-refractivity contribution in [1.82, 2.24) is 9.97 Å². The topological polar surface area (TPSA) is 87.6 Å². The van der Waals surface area contributed by atoms with Crippen molar-refractivity contribution in [1.29, 1.82) is 5.26 Å². The summed E-state index contributed by atoms with van der Waals surface area (Å²) in [5, 5.41) is 13.3. The van der Waals surface area contributed by atoms with E-state index in [1.807, 2.05) is 30.5 Å². The zero-order valence-electron chi connectivity index (χ0n) is 12.1. The molecule has 3 N–H and O–H groups in total. The Labute approximate surface area is 128 Å². The maximum Gasteiger partial charge on any atom is 0.189 e. The molecule has 0 fully saturated rings. The minimum Gasteiger partial charge on any atom is -0.399 e. The van der Waals surface area contributed by atoms with Gasteiger partial charge in [-0.05, 0) is 24.8 Å². The fraction of sp³-hybridized carbons (Fsp3) is 0.267. The first-order valence-corrected chi connectivity index (χ1v) is 7.88. The lowest BCUT2D eigenvalue weighted by atomic mass is 10.1. The highest BCUT2D eigenvalue weighted by Gasteiger charge is 2.15. The lowest BCUT2D eigenvalue weighted by molar-refractivity contribution is 0.925. The van der Waals surface area contributed by atoms with Crippen molar-refractivity contribution in [3.63, 3.8) is 0 Å². The van der Waals surface area contributed by atoms with E-state index in [0.29, 0.717) is 27.9 Å². The molecule has 108 valence electrons. The smallest absolute Gasteiger partial charge is 0.189 e. The molecule has 0 amide bonds. The molecule has 0 atom stereocenters. The highest BCUT2D eigenvalue weighted by atomic mass is 32.2. The van der Waals surface area contributed by atoms with E-state index >= 15 is 0 Å². The average molecular weight is 299 g/mol. The van der Waals surface area contributed by atoms with Gasteiger partial charge in [0.1, 0.15) is 17.5 Å². The highest BCUT2D eigenvalue weighted by molar-refractivity contribution is 7.98. The molecular weight excluding hydrogens is 282 g/mol. The van der Waals surface area contributed by atoms with Gasteiger partial charge in [0.05, 0.1) is 5.69 Å². The Bertz CT molecular complexity index is 678. The molecule has 1 aromatic heterocycles. The second-order valence-electron chi connectivity index (χ2n) is 4.45. The van der Waals surface area contributed by atoms with Crippen molar-refractivity contribution >= 4 is 23.3 Å². The number of nitrogens with zero attached hydrogens (tertiary/aromatic N) is 3. The third-order valence-electron chi connectivity index (χ3n) is 2.89. The Morgan fingerprint density at radius 1 is 1.38 bits per heavy atom. The Morgan fingerprint density at radius 2 is 2.19 bits per heavy atom. The van der Waals surface area contributed by atoms with Gasteiger partial charge in [-0.25, -0.2) is 9.97 Å². The maximum absolute atomic E-state index is 9.48. The minimum absolute atomic E-state index is 0.451. The third kappa shape index (κ3) is 3.44. The van der Waals surface area contributed by atoms with Crippen LogP contribution in [0.15, 0.2) is 29.4 Å². The second kappa shape index (κ2) is 6.95. The van der Waals surface area contributed by atoms with E-state index in [2.05, 4.69) is 28.3 Å². The Kier molecular flexibility index (Phi) is 5.01. The van der Waals surface area contributed by atoms with Gasteiger partial charge in [-0.3, -0.25) is 0 Å². The molecule has 1 aromatic carbocycles. The van der Waals surface area contributed by atoms with Gasteiger partial charge in [-0.15, -0.1) is 0 Å². The predicted molar refractivity (Wildman–Crippen MR) is 87.2 cm³/mol. The first kappa shape index (κ1) is 15.1. The fourth-order valence-electron chi connectivity index (χ4n) is 1.90. The van der Waals surface area contributed by atoms with Gasteiger partial charge in [0.15, 0.2) is 5.16 Å². The van der Waals surface area contributed by atoms with E-state index in [-0.39, 0.29) is 0 Å². The molecule has 0 aliphatic rings. The van der Waals surface area contributed by atoms with E-state index in [1.165, 1.54) is 11.8 Å². The van der Waals surface area contributed by atoms with Crippen LogP contribution in [0, 0.1) is 11.3 Å². The first-order chi connectivity index (χ1) is 10.2. The number of anilines is 2. The summed E-state index contributed by atoms with van der Waals surface area (Å²) < 4.78 is 0. The number of hydrogen-bond acceptors (Lipinski definition) is 6. The molecule has 0 bridgehead atoms. The van der Waals surface area contributed by atoms with Crippen LogP contribution in [-0.2, 0) is 0 Å². The van der Waals surface area contributed by atoms with Crippen LogP contribution in [0.25, 0.3) is 11.3 Å². The van der Waals surface area contributed by atoms with E-state index in [9.17, 15) is 5.26 Å². The maximum atomic E-state index is 9.48. The molecule has 6 heteroatoms. The fourth-order valence-corrected chi connectivity index (χ4v) is 2.27. The van der Waals surface area contributed by atoms with E-state index < -0.39 is 0 Å². The van der Waals surface area contributed by atoms with E-state index in [1.54, 1.807) is 0 Å². The molecule has 0 aliphatic heterocycles. The summed E-state index contributed by atoms with van der Waals surface area (Å²) in [6, 6.07) is 9.58. The molecule has 5 nitrogen and oxygen atoms in total. The summed E-state index contributed by atoms with van der Waals surface area (Å²) in [5.74, 6) is 0.580. The van der Waals surface area contributed by atoms with Gasteiger partial charge in [-0.2, -0.15) is 5.26 Å². The predicted octanol–water partition coefficient (Wildman–Crippen LogP) is 3.14. The standard InChI is InChI=1S/C15H17N5S/c1-3-7-18-14-12(9-16)13(19-15(20-14)21-2)10-5-4-6-11(17)8-10/h4-6,8H,3,7,17H2,1-2H3,(H,18,19,20). The number of nitriles is 1. The van der Waals surface area contributed by atoms with Crippen LogP contribution < -0.4 is 11.1 Å². The van der Waals surface area contributed by atoms with E-state index in [0.717, 1.165) is 18.5 Å². The van der Waals surface area contributed by atoms with Crippen LogP contribution >= 0.6 is 11.8 Å². The summed E-state index contributed by atoms with van der Waals surface area (Å²) in [6.45, 7) is 2.82. The summed E-state index contributed by atoms with van der Waals surface area (Å²) in [5.41, 5.74) is 8.36. The van der Waals surface area contributed by atoms with Crippen LogP contribution in [0.5, 0.6) is 0 Å². The molecule has 0 saturated heterocycles. The number of nitrogen functional groups attached to an aromatic ring is 1. The summed E-state index contributed by atoms with van der Waals surface area (Å²) in [7, 11) is 0. The average Bonchev–Trinajstić information content (AvgIpc) is 2.51. The highest BCUT2D eigenvalue weighted by Crippen LogP contribution is 2.29. The van der Waals surface area contributed by atoms with E-state index in [4.69, 9.17) is 5.73 Å². The van der Waals surface area contributed by atoms with Gasteiger partial charge in [0, 0.05) is 17.8 Å². The summed E-state index contributed by atoms with van der Waals surface area (Å²) >= 11 is 1.45. The molecule has 0 aliphatic carbocycles. The monoisotopic (exact) mass is 299 g/mol. The number of benzene rings is 1. The number of thioether (sulfide) groups is 1. The van der Waals surface area contributed by atoms with Gasteiger partial charge < -0.3 is 11.1 Å². The van der Waals surface area contributed by atoms with Crippen LogP contribution in [0.4, 0.5) is 11.5 Å². The van der Waals surface area contributed by atoms with Crippen molar-refractivity contribution in [3.05, 3.63) is 29.8 Å². The number of nitrogens with two attached hydrogens (primary N) is 1. The van der Waals surface area contributed by atoms with Crippen molar-refractivity contribution < 1.29 is 0 Å². The second-order valence-corrected chi connectivity index (χ2v) is 5.22. The third-order valence-corrected chi connectivity index (χ3v) is 3.43. The molecule has 1 heterocycles. The molecule has 0 saturated carbocycles. The lowest BCUT2D eigenvalue weighted by Gasteiger charge is -2.12. The normalized spacial score (nSPS) is 10.1. The number of rotatable bonds is 5. The molecule has 2 aromatic rings. The van der Waals surface area contributed by atoms with Crippen molar-refractivity contribution in [2.24, 2.45) is 0 Å². The van der Waals surface area contributed by atoms with Crippen LogP contribution in [0.1, 0.15) is 18.9 Å². The lowest BCUT2D eigenvalue weighted by Crippen LogP contribution is -2.07. The van der Waals surface area contributed by atoms with Gasteiger partial charge in [0.2, 0.25) is 0 Å². The number of aromatic nitrogens is 2. The van der Waals surface area contributed by atoms with Crippen LogP contribution in [0.3, 0.4) is 0 Å². The van der Waals surface area contributed by atoms with Crippen LogP contribution in [-0.4, -0.2) is 22.8 Å². The quantitative estimate of drug-likeness (QED) is 0.501. The molecule has 0 spiro atoms. The zero-order valence-corrected chi connectivity index (χ0v) is 12.9. The van der Waals surface area contributed by atoms with Gasteiger partial charge >= 0.3 is 0 Å². The summed E-state index contributed by atoms with van der Waals surface area (Å²) in [6.07, 6.45) is 2.87. The zero-order chi connectivity index (χ0) is 15.2. The van der Waals surface area contributed by atoms with Crippen molar-refractivity contribution in [3.8, 4) is 17.3 Å². The van der Waals surface area contributed by atoms with Crippen molar-refractivity contribution in [2.75, 3.05) is 23.9 Å². The SMILES string of the molecule is CCCNc1nc(SC)nc(-c2cccc(N)c2)c1C#N. The van der Waals surface area contributed by atoms with Gasteiger partial charge in [0.25, 0.3) is 0 Å². The molecule has 2 rings (SSSR count). The van der Waals surface area contributed by atoms with Gasteiger partial charge in [-0.1, -0.05) is 30.8 Å². The Balaban J connectivity index is 2.60. The Morgan fingerprint density at radius 3 is 2.81 bits per heavy atom. The minimum atomic E-state index is 0.451. The summed E-state index contributed by atoms with van der Waals surface area (Å²) in [4.78, 5) is 8.87. The molecule has 0 radical (unpaired) electrons. The van der Waals surface area contributed by atoms with Crippen LogP contribution in [0.2, 0.25) is 0 Å². The van der Waals surface area contributed by atoms with Crippen molar-refractivity contribution in [2.45, 2.75) is 18.5 Å². The number of hydrogen-bond donors (Lipinski definition) is 2. The largest absolute Gasteiger partial charge is 0.399 e. The Hall–Kier alpha value is -2.26.